The first-order chi connectivity index (χ1) is 37.7. The standard InChI is InChI=1S/C73H66BN3O/c1-44-21-28-63-57(31-44)58-38-53(72(5,6)7)27-30-64(58)76(63)67-40-54(75-61-19-13-11-17-55(61)56-18-12-14-20-62(56)75)39-60-70(67)78-68-37-51(49-22-25-52(26-23-49)71(2,3)4)36-66-69(68)74(60)59-35-50(48-15-9-8-10-16-48)24-29-65(59)77(66)73-41-45-32-46(42-73)34-47(33-45)43-73/h8-31,35-40,45-47H,32-34,41-43H2,1-7H3. The largest absolute Gasteiger partial charge is 0.456 e. The SMILES string of the molecule is Cc1ccc2c(c1)c1cc(C(C)(C)C)ccc1n2-c1cc(-n2c3ccccc3c3ccccc32)cc2c1Oc1cc(-c3ccc(C(C)(C)C)cc3)cc3c1B2c1cc(-c2ccccc2)ccc1N3C12CC3CC(CC(C3)C1)C2. The maximum absolute atomic E-state index is 8.01. The van der Waals surface area contributed by atoms with Crippen LogP contribution < -0.4 is 26.0 Å². The van der Waals surface area contributed by atoms with Crippen molar-refractivity contribution in [2.75, 3.05) is 4.90 Å². The summed E-state index contributed by atoms with van der Waals surface area (Å²) >= 11 is 0. The summed E-state index contributed by atoms with van der Waals surface area (Å²) in [5.41, 5.74) is 22.4. The molecule has 9 aromatic carbocycles. The normalized spacial score (nSPS) is 20.2. The van der Waals surface area contributed by atoms with Gasteiger partial charge in [0.05, 0.1) is 27.8 Å². The first-order valence-corrected chi connectivity index (χ1v) is 28.9. The summed E-state index contributed by atoms with van der Waals surface area (Å²) in [6, 6.07) is 70.1. The third-order valence-electron chi connectivity index (χ3n) is 19.4. The van der Waals surface area contributed by atoms with Gasteiger partial charge < -0.3 is 18.8 Å². The van der Waals surface area contributed by atoms with Gasteiger partial charge in [0, 0.05) is 44.1 Å². The Labute approximate surface area is 459 Å². The molecule has 0 N–H and O–H groups in total. The van der Waals surface area contributed by atoms with Gasteiger partial charge in [0.25, 0.3) is 6.71 Å². The number of nitrogens with zero attached hydrogens (tertiary/aromatic N) is 3. The number of fused-ring (bicyclic) bond motifs is 10. The third kappa shape index (κ3) is 6.85. The fourth-order valence-corrected chi connectivity index (χ4v) is 16.2. The molecular weight excluding hydrogens is 946 g/mol. The highest BCUT2D eigenvalue weighted by atomic mass is 16.5. The van der Waals surface area contributed by atoms with Gasteiger partial charge >= 0.3 is 0 Å². The Bertz CT molecular complexity index is 4230. The molecule has 4 saturated carbocycles. The molecule has 0 atom stereocenters. The zero-order valence-corrected chi connectivity index (χ0v) is 46.1. The maximum Gasteiger partial charge on any atom is 0.256 e. The zero-order valence-electron chi connectivity index (χ0n) is 46.1. The molecule has 4 fully saturated rings. The van der Waals surface area contributed by atoms with Crippen LogP contribution in [-0.2, 0) is 10.8 Å². The lowest BCUT2D eigenvalue weighted by Crippen LogP contribution is -2.66. The van der Waals surface area contributed by atoms with Crippen LogP contribution in [0.1, 0.15) is 96.8 Å². The van der Waals surface area contributed by atoms with Crippen molar-refractivity contribution >= 4 is 78.1 Å². The van der Waals surface area contributed by atoms with Gasteiger partial charge in [0.1, 0.15) is 11.5 Å². The van der Waals surface area contributed by atoms with E-state index in [0.29, 0.717) is 0 Å². The molecule has 2 aliphatic heterocycles. The second-order valence-corrected chi connectivity index (χ2v) is 26.5. The number of benzene rings is 9. The van der Waals surface area contributed by atoms with Crippen molar-refractivity contribution < 1.29 is 4.74 Å². The minimum absolute atomic E-state index is 0.0195. The minimum atomic E-state index is -0.130. The zero-order chi connectivity index (χ0) is 52.6. The number of hydrogen-bond acceptors (Lipinski definition) is 2. The summed E-state index contributed by atoms with van der Waals surface area (Å²) in [4.78, 5) is 2.93. The van der Waals surface area contributed by atoms with E-state index in [2.05, 4.69) is 244 Å². The molecule has 2 aromatic heterocycles. The van der Waals surface area contributed by atoms with Crippen molar-refractivity contribution in [3.05, 3.63) is 199 Å². The van der Waals surface area contributed by atoms with Gasteiger partial charge in [0.2, 0.25) is 0 Å². The van der Waals surface area contributed by atoms with Crippen LogP contribution in [0, 0.1) is 24.7 Å². The van der Waals surface area contributed by atoms with Gasteiger partial charge in [-0.05, 0) is 191 Å². The summed E-state index contributed by atoms with van der Waals surface area (Å²) in [6.45, 7) is 16.0. The lowest BCUT2D eigenvalue weighted by Gasteiger charge is -2.62. The third-order valence-corrected chi connectivity index (χ3v) is 19.4. The van der Waals surface area contributed by atoms with Gasteiger partial charge in [-0.25, -0.2) is 0 Å². The molecule has 0 spiro atoms. The molecule has 4 heterocycles. The Morgan fingerprint density at radius 3 is 1.69 bits per heavy atom. The van der Waals surface area contributed by atoms with Crippen LogP contribution in [0.3, 0.4) is 0 Å². The molecule has 5 heteroatoms. The highest BCUT2D eigenvalue weighted by Gasteiger charge is 2.57. The van der Waals surface area contributed by atoms with E-state index in [9.17, 15) is 0 Å². The molecule has 382 valence electrons. The molecule has 0 saturated heterocycles. The Balaban J connectivity index is 1.04. The molecule has 0 radical (unpaired) electrons. The highest BCUT2D eigenvalue weighted by molar-refractivity contribution is 6.99. The van der Waals surface area contributed by atoms with E-state index in [1.165, 1.54) is 149 Å². The van der Waals surface area contributed by atoms with Crippen molar-refractivity contribution in [1.29, 1.82) is 0 Å². The number of rotatable bonds is 5. The van der Waals surface area contributed by atoms with Crippen molar-refractivity contribution in [3.63, 3.8) is 0 Å². The van der Waals surface area contributed by atoms with E-state index >= 15 is 0 Å². The van der Waals surface area contributed by atoms with E-state index in [1.54, 1.807) is 0 Å². The number of aryl methyl sites for hydroxylation is 1. The summed E-state index contributed by atoms with van der Waals surface area (Å²) in [7, 11) is 0. The van der Waals surface area contributed by atoms with Crippen molar-refractivity contribution in [1.82, 2.24) is 9.13 Å². The average molecular weight is 1010 g/mol. The van der Waals surface area contributed by atoms with Crippen molar-refractivity contribution in [2.45, 2.75) is 103 Å². The average Bonchev–Trinajstić information content (AvgIpc) is 3.61. The summed E-state index contributed by atoms with van der Waals surface area (Å²) in [5.74, 6) is 4.19. The van der Waals surface area contributed by atoms with Gasteiger partial charge in [-0.1, -0.05) is 162 Å². The Morgan fingerprint density at radius 1 is 0.449 bits per heavy atom. The molecule has 6 aliphatic rings. The molecule has 0 unspecified atom stereocenters. The molecular formula is C73H66BN3O. The van der Waals surface area contributed by atoms with Crippen LogP contribution in [0.5, 0.6) is 11.5 Å². The molecule has 17 rings (SSSR count). The number of anilines is 2. The van der Waals surface area contributed by atoms with Gasteiger partial charge in [0.15, 0.2) is 0 Å². The molecule has 4 nitrogen and oxygen atoms in total. The van der Waals surface area contributed by atoms with Gasteiger partial charge in [-0.3, -0.25) is 0 Å². The van der Waals surface area contributed by atoms with Crippen LogP contribution >= 0.6 is 0 Å². The highest BCUT2D eigenvalue weighted by Crippen LogP contribution is 2.61. The Kier molecular flexibility index (Phi) is 9.74. The van der Waals surface area contributed by atoms with E-state index in [-0.39, 0.29) is 23.1 Å². The molecule has 0 amide bonds. The maximum atomic E-state index is 8.01. The number of aromatic nitrogens is 2. The predicted molar refractivity (Wildman–Crippen MR) is 329 cm³/mol. The smallest absolute Gasteiger partial charge is 0.256 e. The Hall–Kier alpha value is -7.76. The fraction of sp³-hybridized carbons (Fsp3) is 0.260. The van der Waals surface area contributed by atoms with Gasteiger partial charge in [-0.2, -0.15) is 0 Å². The minimum Gasteiger partial charge on any atom is -0.456 e. The molecule has 11 aromatic rings. The lowest BCUT2D eigenvalue weighted by molar-refractivity contribution is 0.000631. The molecule has 4 aliphatic carbocycles. The first-order valence-electron chi connectivity index (χ1n) is 28.9. The van der Waals surface area contributed by atoms with Crippen molar-refractivity contribution in [2.24, 2.45) is 17.8 Å². The lowest BCUT2D eigenvalue weighted by atomic mass is 9.33. The predicted octanol–water partition coefficient (Wildman–Crippen LogP) is 17.2. The number of hydrogen-bond donors (Lipinski definition) is 0. The number of ether oxygens (including phenoxy) is 1. The van der Waals surface area contributed by atoms with Crippen LogP contribution in [0.2, 0.25) is 0 Å². The topological polar surface area (TPSA) is 22.3 Å². The van der Waals surface area contributed by atoms with Crippen LogP contribution in [-0.4, -0.2) is 21.4 Å². The van der Waals surface area contributed by atoms with E-state index in [4.69, 9.17) is 4.74 Å². The second-order valence-electron chi connectivity index (χ2n) is 26.5. The van der Waals surface area contributed by atoms with Crippen LogP contribution in [0.15, 0.2) is 182 Å². The summed E-state index contributed by atoms with van der Waals surface area (Å²) in [6.07, 6.45) is 7.89. The van der Waals surface area contributed by atoms with E-state index in [1.807, 2.05) is 0 Å². The fourth-order valence-electron chi connectivity index (χ4n) is 16.2. The first kappa shape index (κ1) is 46.4. The van der Waals surface area contributed by atoms with Gasteiger partial charge in [-0.15, -0.1) is 0 Å². The Morgan fingerprint density at radius 2 is 1.03 bits per heavy atom. The van der Waals surface area contributed by atoms with Crippen LogP contribution in [0.25, 0.3) is 77.2 Å². The summed E-state index contributed by atoms with van der Waals surface area (Å²) < 4.78 is 13.1. The molecule has 4 bridgehead atoms. The van der Waals surface area contributed by atoms with E-state index in [0.717, 1.165) is 40.6 Å². The van der Waals surface area contributed by atoms with Crippen molar-refractivity contribution in [3.8, 4) is 45.1 Å². The monoisotopic (exact) mass is 1010 g/mol. The quantitative estimate of drug-likeness (QED) is 0.160. The second kappa shape index (κ2) is 16.4. The number of para-hydroxylation sites is 2. The van der Waals surface area contributed by atoms with E-state index < -0.39 is 0 Å². The van der Waals surface area contributed by atoms with Crippen LogP contribution in [0.4, 0.5) is 11.4 Å². The summed E-state index contributed by atoms with van der Waals surface area (Å²) in [5, 5.41) is 5.03. The molecule has 78 heavy (non-hydrogen) atoms.